The molecule has 0 radical (unpaired) electrons. The summed E-state index contributed by atoms with van der Waals surface area (Å²) < 4.78 is 0. The summed E-state index contributed by atoms with van der Waals surface area (Å²) >= 11 is 12.8. The van der Waals surface area contributed by atoms with Crippen LogP contribution in [0.25, 0.3) is 0 Å². The van der Waals surface area contributed by atoms with E-state index in [9.17, 15) is 4.79 Å². The van der Waals surface area contributed by atoms with Gasteiger partial charge in [0.1, 0.15) is 11.9 Å². The van der Waals surface area contributed by atoms with Crippen molar-refractivity contribution in [1.29, 1.82) is 0 Å². The van der Waals surface area contributed by atoms with Crippen LogP contribution in [-0.4, -0.2) is 60.6 Å². The van der Waals surface area contributed by atoms with E-state index in [4.69, 9.17) is 33.2 Å². The van der Waals surface area contributed by atoms with E-state index >= 15 is 0 Å². The summed E-state index contributed by atoms with van der Waals surface area (Å²) in [6.45, 7) is 3.95. The number of rotatable bonds is 4. The standard InChI is InChI=1S/C27H26Cl2N4O/c1-32-10-12-33(13-11-32)26-9-7-20(17-30-26)27-22-16-21(28)8-6-18(22)15-25(34)24(31-27)14-19-4-2-3-5-23(19)29/h2-9,16-17,24H,10-15H2,1H3. The molecular weight excluding hydrogens is 467 g/mol. The van der Waals surface area contributed by atoms with Crippen molar-refractivity contribution >= 4 is 40.5 Å². The SMILES string of the molecule is CN1CCN(c2ccc(C3=NC(Cc4ccccc4Cl)C(=O)Cc4ccc(Cl)cc43)cn2)CC1. The molecule has 1 saturated heterocycles. The van der Waals surface area contributed by atoms with E-state index in [2.05, 4.69) is 16.8 Å². The van der Waals surface area contributed by atoms with Crippen LogP contribution in [0.2, 0.25) is 10.0 Å². The Hall–Kier alpha value is -2.73. The molecule has 3 heterocycles. The number of aliphatic imine (C=N–C) groups is 1. The summed E-state index contributed by atoms with van der Waals surface area (Å²) in [6.07, 6.45) is 2.62. The smallest absolute Gasteiger partial charge is 0.162 e. The first-order valence-electron chi connectivity index (χ1n) is 11.5. The van der Waals surface area contributed by atoms with Gasteiger partial charge in [-0.25, -0.2) is 4.98 Å². The fraction of sp³-hybridized carbons (Fsp3) is 0.296. The highest BCUT2D eigenvalue weighted by atomic mass is 35.5. The summed E-state index contributed by atoms with van der Waals surface area (Å²) in [5.74, 6) is 1.03. The molecule has 0 N–H and O–H groups in total. The Kier molecular flexibility index (Phi) is 6.68. The lowest BCUT2D eigenvalue weighted by Gasteiger charge is -2.33. The zero-order valence-electron chi connectivity index (χ0n) is 19.0. The second-order valence-corrected chi connectivity index (χ2v) is 9.77. The van der Waals surface area contributed by atoms with E-state index in [0.29, 0.717) is 22.9 Å². The molecule has 0 saturated carbocycles. The van der Waals surface area contributed by atoms with Crippen molar-refractivity contribution in [2.24, 2.45) is 4.99 Å². The number of fused-ring (bicyclic) bond motifs is 1. The summed E-state index contributed by atoms with van der Waals surface area (Å²) in [5, 5.41) is 1.26. The number of hydrogen-bond donors (Lipinski definition) is 0. The van der Waals surface area contributed by atoms with Gasteiger partial charge in [-0.3, -0.25) is 9.79 Å². The molecule has 1 fully saturated rings. The van der Waals surface area contributed by atoms with Crippen molar-refractivity contribution in [1.82, 2.24) is 9.88 Å². The molecule has 2 aliphatic rings. The van der Waals surface area contributed by atoms with Crippen molar-refractivity contribution < 1.29 is 4.79 Å². The lowest BCUT2D eigenvalue weighted by atomic mass is 9.95. The number of aromatic nitrogens is 1. The van der Waals surface area contributed by atoms with E-state index in [-0.39, 0.29) is 5.78 Å². The number of pyridine rings is 1. The maximum Gasteiger partial charge on any atom is 0.162 e. The van der Waals surface area contributed by atoms with Crippen LogP contribution in [0.3, 0.4) is 0 Å². The normalized spacial score (nSPS) is 18.9. The molecule has 1 unspecified atom stereocenters. The molecular formula is C27H26Cl2N4O. The van der Waals surface area contributed by atoms with Gasteiger partial charge < -0.3 is 9.80 Å². The van der Waals surface area contributed by atoms with Gasteiger partial charge in [-0.1, -0.05) is 47.5 Å². The third kappa shape index (κ3) is 4.88. The topological polar surface area (TPSA) is 48.8 Å². The van der Waals surface area contributed by atoms with Crippen molar-refractivity contribution in [3.05, 3.63) is 93.1 Å². The minimum Gasteiger partial charge on any atom is -0.354 e. The quantitative estimate of drug-likeness (QED) is 0.528. The summed E-state index contributed by atoms with van der Waals surface area (Å²) in [4.78, 5) is 27.6. The Morgan fingerprint density at radius 2 is 1.79 bits per heavy atom. The molecule has 174 valence electrons. The molecule has 1 aromatic heterocycles. The molecule has 34 heavy (non-hydrogen) atoms. The predicted molar refractivity (Wildman–Crippen MR) is 139 cm³/mol. The summed E-state index contributed by atoms with van der Waals surface area (Å²) in [6, 6.07) is 16.8. The van der Waals surface area contributed by atoms with E-state index in [1.54, 1.807) is 0 Å². The van der Waals surface area contributed by atoms with Crippen LogP contribution in [0, 0.1) is 0 Å². The van der Waals surface area contributed by atoms with Crippen LogP contribution in [0.5, 0.6) is 0 Å². The highest BCUT2D eigenvalue weighted by molar-refractivity contribution is 6.32. The Bertz CT molecular complexity index is 1230. The number of carbonyl (C=O) groups is 1. The van der Waals surface area contributed by atoms with Crippen LogP contribution >= 0.6 is 23.2 Å². The molecule has 0 bridgehead atoms. The van der Waals surface area contributed by atoms with Crippen LogP contribution in [0.15, 0.2) is 65.8 Å². The monoisotopic (exact) mass is 492 g/mol. The van der Waals surface area contributed by atoms with Crippen molar-refractivity contribution in [3.63, 3.8) is 0 Å². The van der Waals surface area contributed by atoms with Gasteiger partial charge in [0.25, 0.3) is 0 Å². The number of benzene rings is 2. The molecule has 5 nitrogen and oxygen atoms in total. The number of likely N-dealkylation sites (N-methyl/N-ethyl adjacent to an activating group) is 1. The molecule has 5 rings (SSSR count). The Balaban J connectivity index is 1.52. The second-order valence-electron chi connectivity index (χ2n) is 8.93. The van der Waals surface area contributed by atoms with Gasteiger partial charge in [0.15, 0.2) is 5.78 Å². The minimum absolute atomic E-state index is 0.0699. The van der Waals surface area contributed by atoms with E-state index < -0.39 is 6.04 Å². The molecule has 0 amide bonds. The lowest BCUT2D eigenvalue weighted by molar-refractivity contribution is -0.119. The highest BCUT2D eigenvalue weighted by Crippen LogP contribution is 2.27. The van der Waals surface area contributed by atoms with Gasteiger partial charge in [-0.05, 0) is 48.5 Å². The van der Waals surface area contributed by atoms with Gasteiger partial charge in [0.2, 0.25) is 0 Å². The number of piperazine rings is 1. The van der Waals surface area contributed by atoms with Gasteiger partial charge in [0, 0.05) is 66.4 Å². The van der Waals surface area contributed by atoms with Crippen molar-refractivity contribution in [2.75, 3.05) is 38.1 Å². The van der Waals surface area contributed by atoms with Crippen LogP contribution in [0.1, 0.15) is 22.3 Å². The molecule has 7 heteroatoms. The zero-order valence-corrected chi connectivity index (χ0v) is 20.6. The number of halogens is 2. The van der Waals surface area contributed by atoms with Gasteiger partial charge in [-0.2, -0.15) is 0 Å². The first-order chi connectivity index (χ1) is 16.5. The second kappa shape index (κ2) is 9.87. The molecule has 0 aliphatic carbocycles. The predicted octanol–water partition coefficient (Wildman–Crippen LogP) is 4.71. The maximum atomic E-state index is 13.2. The first-order valence-corrected chi connectivity index (χ1v) is 12.3. The van der Waals surface area contributed by atoms with E-state index in [1.807, 2.05) is 60.8 Å². The number of ketones is 1. The third-order valence-corrected chi connectivity index (χ3v) is 7.17. The fourth-order valence-corrected chi connectivity index (χ4v) is 4.92. The van der Waals surface area contributed by atoms with Crippen LogP contribution in [0.4, 0.5) is 5.82 Å². The summed E-state index contributed by atoms with van der Waals surface area (Å²) in [7, 11) is 2.14. The molecule has 1 atom stereocenters. The van der Waals surface area contributed by atoms with Crippen molar-refractivity contribution in [2.45, 2.75) is 18.9 Å². The fourth-order valence-electron chi connectivity index (χ4n) is 4.54. The Morgan fingerprint density at radius 3 is 2.53 bits per heavy atom. The van der Waals surface area contributed by atoms with Gasteiger partial charge >= 0.3 is 0 Å². The van der Waals surface area contributed by atoms with Gasteiger partial charge in [0.05, 0.1) is 5.71 Å². The Morgan fingerprint density at radius 1 is 1.00 bits per heavy atom. The lowest BCUT2D eigenvalue weighted by Crippen LogP contribution is -2.44. The minimum atomic E-state index is -0.529. The van der Waals surface area contributed by atoms with E-state index in [0.717, 1.165) is 60.0 Å². The van der Waals surface area contributed by atoms with Crippen LogP contribution < -0.4 is 4.90 Å². The molecule has 0 spiro atoms. The molecule has 2 aromatic carbocycles. The number of anilines is 1. The highest BCUT2D eigenvalue weighted by Gasteiger charge is 2.27. The number of carbonyl (C=O) groups excluding carboxylic acids is 1. The van der Waals surface area contributed by atoms with E-state index in [1.165, 1.54) is 0 Å². The molecule has 2 aliphatic heterocycles. The van der Waals surface area contributed by atoms with Crippen molar-refractivity contribution in [3.8, 4) is 0 Å². The average Bonchev–Trinajstić information content (AvgIpc) is 2.97. The molecule has 3 aromatic rings. The third-order valence-electron chi connectivity index (χ3n) is 6.57. The Labute approximate surface area is 210 Å². The first kappa shape index (κ1) is 23.0. The summed E-state index contributed by atoms with van der Waals surface area (Å²) in [5.41, 5.74) is 4.35. The average molecular weight is 493 g/mol. The van der Waals surface area contributed by atoms with Gasteiger partial charge in [-0.15, -0.1) is 0 Å². The number of hydrogen-bond acceptors (Lipinski definition) is 5. The largest absolute Gasteiger partial charge is 0.354 e. The number of nitrogens with zero attached hydrogens (tertiary/aromatic N) is 4. The zero-order chi connectivity index (χ0) is 23.7. The maximum absolute atomic E-state index is 13.2. The number of Topliss-reactive ketones (excluding diaryl/α,β-unsaturated/α-hetero) is 1. The van der Waals surface area contributed by atoms with Crippen LogP contribution in [-0.2, 0) is 17.6 Å².